The van der Waals surface area contributed by atoms with Crippen LogP contribution in [0.15, 0.2) is 18.2 Å². The van der Waals surface area contributed by atoms with Crippen molar-refractivity contribution in [2.75, 3.05) is 19.6 Å². The molecule has 0 spiro atoms. The molecule has 4 heteroatoms. The first kappa shape index (κ1) is 15.4. The Morgan fingerprint density at radius 1 is 1.33 bits per heavy atom. The molecule has 1 saturated heterocycles. The summed E-state index contributed by atoms with van der Waals surface area (Å²) in [6.45, 7) is 5.61. The Bertz CT molecular complexity index is 376. The summed E-state index contributed by atoms with van der Waals surface area (Å²) in [4.78, 5) is 2.39. The Labute approximate surface area is 115 Å². The highest BCUT2D eigenvalue weighted by Crippen LogP contribution is 2.18. The summed E-state index contributed by atoms with van der Waals surface area (Å²) >= 11 is 0. The van der Waals surface area contributed by atoms with Crippen LogP contribution >= 0.6 is 12.4 Å². The normalized spacial score (nSPS) is 17.5. The average molecular weight is 273 g/mol. The molecule has 0 radical (unpaired) electrons. The van der Waals surface area contributed by atoms with Gasteiger partial charge in [0.05, 0.1) is 0 Å². The van der Waals surface area contributed by atoms with Crippen LogP contribution in [0.4, 0.5) is 4.39 Å². The van der Waals surface area contributed by atoms with Gasteiger partial charge in [-0.1, -0.05) is 12.1 Å². The molecule has 0 unspecified atom stereocenters. The van der Waals surface area contributed by atoms with Crippen molar-refractivity contribution in [2.45, 2.75) is 26.3 Å². The van der Waals surface area contributed by atoms with Gasteiger partial charge in [0.1, 0.15) is 5.82 Å². The number of nitrogens with zero attached hydrogens (tertiary/aromatic N) is 1. The zero-order valence-corrected chi connectivity index (χ0v) is 11.7. The van der Waals surface area contributed by atoms with Gasteiger partial charge in [0.25, 0.3) is 0 Å². The van der Waals surface area contributed by atoms with Crippen LogP contribution in [-0.2, 0) is 6.54 Å². The minimum Gasteiger partial charge on any atom is -0.330 e. The fraction of sp³-hybridized carbons (Fsp3) is 0.571. The molecule has 102 valence electrons. The predicted molar refractivity (Wildman–Crippen MR) is 75.4 cm³/mol. The lowest BCUT2D eigenvalue weighted by atomic mass is 9.97. The molecule has 0 bridgehead atoms. The number of benzene rings is 1. The van der Waals surface area contributed by atoms with Crippen LogP contribution in [-0.4, -0.2) is 24.5 Å². The maximum atomic E-state index is 13.4. The number of halogens is 2. The quantitative estimate of drug-likeness (QED) is 0.917. The molecular formula is C14H22ClFN2. The standard InChI is InChI=1S/C14H21FN2.ClH/c1-11-2-3-13(8-14(11)15)10-17-6-4-12(9-16)5-7-17;/h2-3,8,12H,4-7,9-10,16H2,1H3;1H. The van der Waals surface area contributed by atoms with Crippen LogP contribution in [0.25, 0.3) is 0 Å². The second-order valence-corrected chi connectivity index (χ2v) is 5.04. The summed E-state index contributed by atoms with van der Waals surface area (Å²) in [5.74, 6) is 0.584. The maximum absolute atomic E-state index is 13.4. The fourth-order valence-electron chi connectivity index (χ4n) is 2.37. The van der Waals surface area contributed by atoms with E-state index in [0.717, 1.165) is 37.3 Å². The largest absolute Gasteiger partial charge is 0.330 e. The van der Waals surface area contributed by atoms with Gasteiger partial charge in [-0.2, -0.15) is 0 Å². The van der Waals surface area contributed by atoms with Gasteiger partial charge in [0, 0.05) is 6.54 Å². The van der Waals surface area contributed by atoms with E-state index < -0.39 is 0 Å². The summed E-state index contributed by atoms with van der Waals surface area (Å²) in [6, 6.07) is 5.54. The van der Waals surface area contributed by atoms with Crippen molar-refractivity contribution in [1.29, 1.82) is 0 Å². The minimum atomic E-state index is -0.0978. The Morgan fingerprint density at radius 2 is 2.00 bits per heavy atom. The average Bonchev–Trinajstić information content (AvgIpc) is 2.35. The van der Waals surface area contributed by atoms with E-state index in [1.54, 1.807) is 13.0 Å². The smallest absolute Gasteiger partial charge is 0.126 e. The first-order chi connectivity index (χ1) is 8.19. The molecule has 2 nitrogen and oxygen atoms in total. The van der Waals surface area contributed by atoms with E-state index in [4.69, 9.17) is 5.73 Å². The molecule has 1 heterocycles. The molecular weight excluding hydrogens is 251 g/mol. The maximum Gasteiger partial charge on any atom is 0.126 e. The van der Waals surface area contributed by atoms with Gasteiger partial charge >= 0.3 is 0 Å². The van der Waals surface area contributed by atoms with E-state index >= 15 is 0 Å². The van der Waals surface area contributed by atoms with Crippen molar-refractivity contribution >= 4 is 12.4 Å². The lowest BCUT2D eigenvalue weighted by Crippen LogP contribution is -2.35. The van der Waals surface area contributed by atoms with Crippen LogP contribution < -0.4 is 5.73 Å². The van der Waals surface area contributed by atoms with Gasteiger partial charge in [0.2, 0.25) is 0 Å². The first-order valence-corrected chi connectivity index (χ1v) is 6.36. The number of nitrogens with two attached hydrogens (primary N) is 1. The molecule has 1 aromatic rings. The Kier molecular flexibility index (Phi) is 6.06. The SMILES string of the molecule is Cc1ccc(CN2CCC(CN)CC2)cc1F.Cl. The molecule has 2 N–H and O–H groups in total. The van der Waals surface area contributed by atoms with Gasteiger partial charge in [-0.05, 0) is 62.5 Å². The lowest BCUT2D eigenvalue weighted by Gasteiger charge is -2.31. The van der Waals surface area contributed by atoms with Crippen LogP contribution in [0.5, 0.6) is 0 Å². The molecule has 0 saturated carbocycles. The van der Waals surface area contributed by atoms with Gasteiger partial charge in [-0.3, -0.25) is 4.90 Å². The Balaban J connectivity index is 0.00000162. The third-order valence-corrected chi connectivity index (χ3v) is 3.68. The summed E-state index contributed by atoms with van der Waals surface area (Å²) in [7, 11) is 0. The summed E-state index contributed by atoms with van der Waals surface area (Å²) in [5, 5.41) is 0. The minimum absolute atomic E-state index is 0. The molecule has 1 aromatic carbocycles. The number of hydrogen-bond donors (Lipinski definition) is 1. The molecule has 0 aliphatic carbocycles. The number of likely N-dealkylation sites (tertiary alicyclic amines) is 1. The van der Waals surface area contributed by atoms with Crippen molar-refractivity contribution in [1.82, 2.24) is 4.90 Å². The van der Waals surface area contributed by atoms with E-state index in [9.17, 15) is 4.39 Å². The third kappa shape index (κ3) is 3.94. The van der Waals surface area contributed by atoms with Crippen molar-refractivity contribution < 1.29 is 4.39 Å². The topological polar surface area (TPSA) is 29.3 Å². The Hall–Kier alpha value is -0.640. The van der Waals surface area contributed by atoms with E-state index in [1.807, 2.05) is 12.1 Å². The monoisotopic (exact) mass is 272 g/mol. The van der Waals surface area contributed by atoms with E-state index in [1.165, 1.54) is 12.8 Å². The molecule has 1 aliphatic rings. The van der Waals surface area contributed by atoms with Crippen LogP contribution in [0.2, 0.25) is 0 Å². The number of aryl methyl sites for hydroxylation is 1. The molecule has 1 fully saturated rings. The van der Waals surface area contributed by atoms with Gasteiger partial charge in [-0.15, -0.1) is 12.4 Å². The number of hydrogen-bond acceptors (Lipinski definition) is 2. The van der Waals surface area contributed by atoms with Crippen LogP contribution in [0.3, 0.4) is 0 Å². The molecule has 18 heavy (non-hydrogen) atoms. The van der Waals surface area contributed by atoms with E-state index in [0.29, 0.717) is 5.92 Å². The van der Waals surface area contributed by atoms with Gasteiger partial charge in [-0.25, -0.2) is 4.39 Å². The second kappa shape index (κ2) is 7.07. The van der Waals surface area contributed by atoms with Crippen molar-refractivity contribution in [3.05, 3.63) is 35.1 Å². The predicted octanol–water partition coefficient (Wildman–Crippen LogP) is 2.73. The highest BCUT2D eigenvalue weighted by Gasteiger charge is 2.17. The molecule has 0 atom stereocenters. The first-order valence-electron chi connectivity index (χ1n) is 6.36. The number of piperidine rings is 1. The van der Waals surface area contributed by atoms with Crippen LogP contribution in [0.1, 0.15) is 24.0 Å². The summed E-state index contributed by atoms with van der Waals surface area (Å²) in [6.07, 6.45) is 2.34. The second-order valence-electron chi connectivity index (χ2n) is 5.04. The molecule has 2 rings (SSSR count). The molecule has 1 aliphatic heterocycles. The van der Waals surface area contributed by atoms with E-state index in [2.05, 4.69) is 4.90 Å². The van der Waals surface area contributed by atoms with E-state index in [-0.39, 0.29) is 18.2 Å². The fourth-order valence-corrected chi connectivity index (χ4v) is 2.37. The van der Waals surface area contributed by atoms with Crippen molar-refractivity contribution in [2.24, 2.45) is 11.7 Å². The van der Waals surface area contributed by atoms with Gasteiger partial charge in [0.15, 0.2) is 0 Å². The zero-order valence-electron chi connectivity index (χ0n) is 10.9. The highest BCUT2D eigenvalue weighted by molar-refractivity contribution is 5.85. The molecule has 0 amide bonds. The van der Waals surface area contributed by atoms with Crippen molar-refractivity contribution in [3.8, 4) is 0 Å². The number of rotatable bonds is 3. The summed E-state index contributed by atoms with van der Waals surface area (Å²) < 4.78 is 13.4. The van der Waals surface area contributed by atoms with Gasteiger partial charge < -0.3 is 5.73 Å². The van der Waals surface area contributed by atoms with Crippen LogP contribution in [0, 0.1) is 18.7 Å². The highest BCUT2D eigenvalue weighted by atomic mass is 35.5. The third-order valence-electron chi connectivity index (χ3n) is 3.68. The Morgan fingerprint density at radius 3 is 2.56 bits per heavy atom. The lowest BCUT2D eigenvalue weighted by molar-refractivity contribution is 0.180. The zero-order chi connectivity index (χ0) is 12.3. The summed E-state index contributed by atoms with van der Waals surface area (Å²) in [5.41, 5.74) is 7.46. The molecule has 0 aromatic heterocycles. The van der Waals surface area contributed by atoms with Crippen molar-refractivity contribution in [3.63, 3.8) is 0 Å².